The first kappa shape index (κ1) is 12.3. The Balaban J connectivity index is 3.75. The van der Waals surface area contributed by atoms with Crippen molar-refractivity contribution in [1.29, 1.82) is 0 Å². The van der Waals surface area contributed by atoms with Gasteiger partial charge in [-0.25, -0.2) is 0 Å². The second-order valence-corrected chi connectivity index (χ2v) is 3.56. The van der Waals surface area contributed by atoms with Gasteiger partial charge in [0.25, 0.3) is 0 Å². The maximum Gasteiger partial charge on any atom is 0.327 e. The number of carbonyl (C=O) groups excluding carboxylic acids is 1. The lowest BCUT2D eigenvalue weighted by molar-refractivity contribution is -0.149. The Morgan fingerprint density at radius 1 is 1.54 bits per heavy atom. The van der Waals surface area contributed by atoms with E-state index in [4.69, 9.17) is 16.2 Å². The van der Waals surface area contributed by atoms with Crippen LogP contribution in [0.4, 0.5) is 0 Å². The van der Waals surface area contributed by atoms with E-state index in [9.17, 15) is 4.79 Å². The van der Waals surface area contributed by atoms with Crippen molar-refractivity contribution in [3.63, 3.8) is 0 Å². The lowest BCUT2D eigenvalue weighted by atomic mass is 10.1. The fourth-order valence-electron chi connectivity index (χ4n) is 0.569. The molecule has 0 saturated heterocycles. The number of hydrogen-bond donors (Lipinski definition) is 2. The topological polar surface area (TPSA) is 81.6 Å². The number of carbonyl (C=O) groups is 1. The molecule has 0 aliphatic heterocycles. The first-order valence-corrected chi connectivity index (χ1v) is 4.21. The number of esters is 1. The van der Waals surface area contributed by atoms with Crippen LogP contribution in [0.2, 0.25) is 0 Å². The molecule has 0 aromatic rings. The predicted molar refractivity (Wildman–Crippen MR) is 51.2 cm³/mol. The molecule has 1 atom stereocenters. The molecule has 0 radical (unpaired) electrons. The molecule has 0 heterocycles. The summed E-state index contributed by atoms with van der Waals surface area (Å²) in [7, 11) is 3.80. The molecule has 13 heavy (non-hydrogen) atoms. The molecule has 5 nitrogen and oxygen atoms in total. The minimum atomic E-state index is -1.06. The zero-order valence-corrected chi connectivity index (χ0v) is 8.54. The summed E-state index contributed by atoms with van der Waals surface area (Å²) in [5, 5.41) is 0. The smallest absolute Gasteiger partial charge is 0.327 e. The number of ether oxygens (including phenoxy) is 1. The van der Waals surface area contributed by atoms with Gasteiger partial charge in [0.2, 0.25) is 0 Å². The molecular weight excluding hydrogens is 170 g/mol. The molecule has 0 aromatic carbocycles. The summed E-state index contributed by atoms with van der Waals surface area (Å²) >= 11 is 0. The van der Waals surface area contributed by atoms with Crippen molar-refractivity contribution in [2.75, 3.05) is 33.8 Å². The molecule has 1 unspecified atom stereocenters. The van der Waals surface area contributed by atoms with E-state index in [-0.39, 0.29) is 6.54 Å². The van der Waals surface area contributed by atoms with Crippen molar-refractivity contribution in [2.24, 2.45) is 11.5 Å². The van der Waals surface area contributed by atoms with Crippen molar-refractivity contribution in [3.8, 4) is 0 Å². The Kier molecular flexibility index (Phi) is 4.90. The van der Waals surface area contributed by atoms with Gasteiger partial charge in [-0.15, -0.1) is 0 Å². The predicted octanol–water partition coefficient (Wildman–Crippen LogP) is -1.23. The van der Waals surface area contributed by atoms with E-state index >= 15 is 0 Å². The molecular formula is C8H19N3O2. The van der Waals surface area contributed by atoms with Gasteiger partial charge in [-0.3, -0.25) is 4.79 Å². The minimum Gasteiger partial charge on any atom is -0.463 e. The van der Waals surface area contributed by atoms with Crippen LogP contribution in [-0.2, 0) is 9.53 Å². The molecule has 0 aliphatic rings. The van der Waals surface area contributed by atoms with Crippen molar-refractivity contribution < 1.29 is 9.53 Å². The number of hydrogen-bond acceptors (Lipinski definition) is 5. The molecule has 0 fully saturated rings. The number of likely N-dealkylation sites (N-methyl/N-ethyl adjacent to an activating group) is 1. The fourth-order valence-corrected chi connectivity index (χ4v) is 0.569. The largest absolute Gasteiger partial charge is 0.463 e. The first-order valence-electron chi connectivity index (χ1n) is 4.21. The summed E-state index contributed by atoms with van der Waals surface area (Å²) in [6.07, 6.45) is 0. The highest BCUT2D eigenvalue weighted by Crippen LogP contribution is 1.99. The van der Waals surface area contributed by atoms with E-state index in [2.05, 4.69) is 0 Å². The van der Waals surface area contributed by atoms with Crippen LogP contribution < -0.4 is 11.5 Å². The van der Waals surface area contributed by atoms with Crippen LogP contribution in [0.3, 0.4) is 0 Å². The van der Waals surface area contributed by atoms with Crippen LogP contribution in [0, 0.1) is 0 Å². The normalized spacial score (nSPS) is 15.5. The highest BCUT2D eigenvalue weighted by Gasteiger charge is 2.27. The monoisotopic (exact) mass is 189 g/mol. The van der Waals surface area contributed by atoms with Crippen molar-refractivity contribution >= 4 is 5.97 Å². The molecule has 0 rings (SSSR count). The van der Waals surface area contributed by atoms with Crippen LogP contribution in [-0.4, -0.2) is 50.2 Å². The lowest BCUT2D eigenvalue weighted by Crippen LogP contribution is -2.52. The Morgan fingerprint density at radius 3 is 2.46 bits per heavy atom. The van der Waals surface area contributed by atoms with E-state index in [0.717, 1.165) is 0 Å². The van der Waals surface area contributed by atoms with E-state index in [0.29, 0.717) is 13.2 Å². The lowest BCUT2D eigenvalue weighted by Gasteiger charge is -2.20. The van der Waals surface area contributed by atoms with E-state index < -0.39 is 11.5 Å². The van der Waals surface area contributed by atoms with Crippen LogP contribution in [0.15, 0.2) is 0 Å². The van der Waals surface area contributed by atoms with Gasteiger partial charge in [0, 0.05) is 13.1 Å². The summed E-state index contributed by atoms with van der Waals surface area (Å²) in [5.74, 6) is -0.447. The Labute approximate surface area is 79.0 Å². The molecule has 0 saturated carbocycles. The third-order valence-corrected chi connectivity index (χ3v) is 1.66. The maximum atomic E-state index is 11.2. The summed E-state index contributed by atoms with van der Waals surface area (Å²) in [6, 6.07) is 0. The van der Waals surface area contributed by atoms with Gasteiger partial charge < -0.3 is 21.1 Å². The Morgan fingerprint density at radius 2 is 2.08 bits per heavy atom. The van der Waals surface area contributed by atoms with Crippen molar-refractivity contribution in [3.05, 3.63) is 0 Å². The molecule has 0 aliphatic carbocycles. The van der Waals surface area contributed by atoms with Crippen molar-refractivity contribution in [2.45, 2.75) is 12.5 Å². The van der Waals surface area contributed by atoms with Crippen LogP contribution >= 0.6 is 0 Å². The van der Waals surface area contributed by atoms with Crippen LogP contribution in [0.5, 0.6) is 0 Å². The van der Waals surface area contributed by atoms with Gasteiger partial charge in [0.05, 0.1) is 0 Å². The van der Waals surface area contributed by atoms with Gasteiger partial charge in [-0.1, -0.05) is 0 Å². The summed E-state index contributed by atoms with van der Waals surface area (Å²) in [4.78, 5) is 13.2. The second kappa shape index (κ2) is 5.16. The average Bonchev–Trinajstić information content (AvgIpc) is 2.03. The molecule has 5 heteroatoms. The molecule has 0 bridgehead atoms. The van der Waals surface area contributed by atoms with E-state index in [1.807, 2.05) is 19.0 Å². The minimum absolute atomic E-state index is 0.0911. The van der Waals surface area contributed by atoms with E-state index in [1.165, 1.54) is 0 Å². The summed E-state index contributed by atoms with van der Waals surface area (Å²) in [6.45, 7) is 2.68. The van der Waals surface area contributed by atoms with Crippen molar-refractivity contribution in [1.82, 2.24) is 4.90 Å². The number of nitrogens with zero attached hydrogens (tertiary/aromatic N) is 1. The fraction of sp³-hybridized carbons (Fsp3) is 0.875. The number of rotatable bonds is 5. The van der Waals surface area contributed by atoms with Crippen LogP contribution in [0.25, 0.3) is 0 Å². The second-order valence-electron chi connectivity index (χ2n) is 3.56. The molecule has 78 valence electrons. The maximum absolute atomic E-state index is 11.2. The third kappa shape index (κ3) is 4.82. The average molecular weight is 189 g/mol. The zero-order valence-electron chi connectivity index (χ0n) is 8.54. The quantitative estimate of drug-likeness (QED) is 0.529. The first-order chi connectivity index (χ1) is 5.90. The zero-order chi connectivity index (χ0) is 10.5. The number of nitrogens with two attached hydrogens (primary N) is 2. The molecule has 4 N–H and O–H groups in total. The summed E-state index contributed by atoms with van der Waals surface area (Å²) < 4.78 is 4.92. The van der Waals surface area contributed by atoms with Gasteiger partial charge >= 0.3 is 5.97 Å². The SMILES string of the molecule is CN(C)CCOC(=O)C(C)(N)CN. The van der Waals surface area contributed by atoms with Gasteiger partial charge in [-0.05, 0) is 21.0 Å². The molecule has 0 aromatic heterocycles. The van der Waals surface area contributed by atoms with Gasteiger partial charge in [0.15, 0.2) is 0 Å². The van der Waals surface area contributed by atoms with E-state index in [1.54, 1.807) is 6.92 Å². The standard InChI is InChI=1S/C8H19N3O2/c1-8(10,6-9)7(12)13-5-4-11(2)3/h4-6,9-10H2,1-3H3. The molecule has 0 amide bonds. The van der Waals surface area contributed by atoms with Gasteiger partial charge in [-0.2, -0.15) is 0 Å². The highest BCUT2D eigenvalue weighted by atomic mass is 16.5. The van der Waals surface area contributed by atoms with Gasteiger partial charge in [0.1, 0.15) is 12.1 Å². The Bertz CT molecular complexity index is 169. The van der Waals surface area contributed by atoms with Crippen LogP contribution in [0.1, 0.15) is 6.92 Å². The Hall–Kier alpha value is -0.650. The highest BCUT2D eigenvalue weighted by molar-refractivity contribution is 5.80. The molecule has 0 spiro atoms. The summed E-state index contributed by atoms with van der Waals surface area (Å²) in [5.41, 5.74) is 9.80. The third-order valence-electron chi connectivity index (χ3n) is 1.66.